The molecule has 0 aliphatic carbocycles. The molecule has 1 N–H and O–H groups in total. The highest BCUT2D eigenvalue weighted by molar-refractivity contribution is 14.1. The Balaban J connectivity index is 1.88. The number of carbonyl (C=O) groups excluding carboxylic acids is 1. The molecule has 0 radical (unpaired) electrons. The molecule has 1 aliphatic heterocycles. The number of benzene rings is 2. The first-order valence-corrected chi connectivity index (χ1v) is 9.03. The van der Waals surface area contributed by atoms with Crippen LogP contribution in [0.1, 0.15) is 15.9 Å². The first kappa shape index (κ1) is 19.0. The maximum atomic E-state index is 13.5. The van der Waals surface area contributed by atoms with Gasteiger partial charge < -0.3 is 15.0 Å². The summed E-state index contributed by atoms with van der Waals surface area (Å²) in [5.74, 6) is -0.578. The molecule has 0 saturated carbocycles. The molecule has 0 unspecified atom stereocenters. The van der Waals surface area contributed by atoms with Gasteiger partial charge in [0.1, 0.15) is 0 Å². The fourth-order valence-corrected chi connectivity index (χ4v) is 3.05. The van der Waals surface area contributed by atoms with Crippen molar-refractivity contribution in [2.24, 2.45) is 0 Å². The molecule has 1 fully saturated rings. The van der Waals surface area contributed by atoms with Crippen molar-refractivity contribution in [2.45, 2.75) is 6.18 Å². The molecule has 2 aromatic carbocycles. The van der Waals surface area contributed by atoms with Crippen molar-refractivity contribution >= 4 is 39.9 Å². The third-order valence-electron chi connectivity index (χ3n) is 4.04. The molecular weight excluding hydrogens is 460 g/mol. The minimum absolute atomic E-state index is 0.252. The van der Waals surface area contributed by atoms with Gasteiger partial charge in [0.15, 0.2) is 0 Å². The number of morpholine rings is 1. The number of nitrogens with one attached hydrogen (secondary N) is 1. The number of halogens is 4. The number of ether oxygens (including phenoxy) is 1. The molecule has 1 saturated heterocycles. The van der Waals surface area contributed by atoms with Gasteiger partial charge in [0.05, 0.1) is 24.5 Å². The summed E-state index contributed by atoms with van der Waals surface area (Å²) in [5, 5.41) is 2.38. The Morgan fingerprint density at radius 1 is 1.08 bits per heavy atom. The molecule has 8 heteroatoms. The highest BCUT2D eigenvalue weighted by Gasteiger charge is 2.35. The summed E-state index contributed by atoms with van der Waals surface area (Å²) in [6, 6.07) is 10.6. The monoisotopic (exact) mass is 476 g/mol. The maximum absolute atomic E-state index is 13.5. The summed E-state index contributed by atoms with van der Waals surface area (Å²) in [6.07, 6.45) is -4.57. The van der Waals surface area contributed by atoms with Crippen molar-refractivity contribution in [1.29, 1.82) is 0 Å². The Morgan fingerprint density at radius 2 is 1.73 bits per heavy atom. The summed E-state index contributed by atoms with van der Waals surface area (Å²) in [6.45, 7) is 2.02. The SMILES string of the molecule is O=C(Nc1ccc(N2CCOCC2)cc1C(F)(F)F)c1ccc(I)cc1. The summed E-state index contributed by atoms with van der Waals surface area (Å²) in [7, 11) is 0. The van der Waals surface area contributed by atoms with Gasteiger partial charge >= 0.3 is 6.18 Å². The summed E-state index contributed by atoms with van der Waals surface area (Å²) >= 11 is 2.09. The Hall–Kier alpha value is -1.81. The summed E-state index contributed by atoms with van der Waals surface area (Å²) < 4.78 is 46.7. The molecule has 0 bridgehead atoms. The van der Waals surface area contributed by atoms with E-state index >= 15 is 0 Å². The van der Waals surface area contributed by atoms with Crippen LogP contribution < -0.4 is 10.2 Å². The second kappa shape index (κ2) is 7.83. The third-order valence-corrected chi connectivity index (χ3v) is 4.76. The van der Waals surface area contributed by atoms with Crippen molar-refractivity contribution in [1.82, 2.24) is 0 Å². The van der Waals surface area contributed by atoms with Crippen molar-refractivity contribution in [2.75, 3.05) is 36.5 Å². The van der Waals surface area contributed by atoms with Gasteiger partial charge in [-0.2, -0.15) is 13.2 Å². The zero-order valence-electron chi connectivity index (χ0n) is 13.6. The van der Waals surface area contributed by atoms with E-state index < -0.39 is 17.6 Å². The second-order valence-corrected chi connectivity index (χ2v) is 7.03. The minimum atomic E-state index is -4.57. The predicted octanol–water partition coefficient (Wildman–Crippen LogP) is 4.40. The number of amides is 1. The van der Waals surface area contributed by atoms with Gasteiger partial charge in [-0.1, -0.05) is 0 Å². The lowest BCUT2D eigenvalue weighted by atomic mass is 10.1. The van der Waals surface area contributed by atoms with E-state index in [1.54, 1.807) is 30.3 Å². The Labute approximate surface area is 162 Å². The molecular formula is C18H16F3IN2O2. The first-order chi connectivity index (χ1) is 12.3. The van der Waals surface area contributed by atoms with Crippen LogP contribution in [0.2, 0.25) is 0 Å². The largest absolute Gasteiger partial charge is 0.418 e. The van der Waals surface area contributed by atoms with E-state index in [9.17, 15) is 18.0 Å². The van der Waals surface area contributed by atoms with Gasteiger partial charge in [0.2, 0.25) is 0 Å². The Morgan fingerprint density at radius 3 is 2.35 bits per heavy atom. The van der Waals surface area contributed by atoms with Crippen LogP contribution in [-0.2, 0) is 10.9 Å². The van der Waals surface area contributed by atoms with Crippen molar-refractivity contribution in [3.63, 3.8) is 0 Å². The average Bonchev–Trinajstić information content (AvgIpc) is 2.62. The van der Waals surface area contributed by atoms with Crippen LogP contribution in [0.4, 0.5) is 24.5 Å². The van der Waals surface area contributed by atoms with E-state index in [1.807, 2.05) is 4.90 Å². The number of hydrogen-bond acceptors (Lipinski definition) is 3. The Bertz CT molecular complexity index is 788. The van der Waals surface area contributed by atoms with E-state index in [1.165, 1.54) is 6.07 Å². The van der Waals surface area contributed by atoms with Crippen molar-refractivity contribution in [3.8, 4) is 0 Å². The number of nitrogens with zero attached hydrogens (tertiary/aromatic N) is 1. The second-order valence-electron chi connectivity index (χ2n) is 5.79. The molecule has 0 atom stereocenters. The molecule has 3 rings (SSSR count). The van der Waals surface area contributed by atoms with Crippen LogP contribution in [0.25, 0.3) is 0 Å². The van der Waals surface area contributed by atoms with Crippen molar-refractivity contribution in [3.05, 3.63) is 57.2 Å². The van der Waals surface area contributed by atoms with E-state index in [0.29, 0.717) is 37.6 Å². The van der Waals surface area contributed by atoms with Crippen LogP contribution in [0.5, 0.6) is 0 Å². The van der Waals surface area contributed by atoms with Crippen LogP contribution in [-0.4, -0.2) is 32.2 Å². The van der Waals surface area contributed by atoms with Crippen molar-refractivity contribution < 1.29 is 22.7 Å². The molecule has 0 spiro atoms. The van der Waals surface area contributed by atoms with Crippen LogP contribution in [0.3, 0.4) is 0 Å². The average molecular weight is 476 g/mol. The van der Waals surface area contributed by atoms with Crippen LogP contribution in [0, 0.1) is 3.57 Å². The van der Waals surface area contributed by atoms with E-state index in [0.717, 1.165) is 9.64 Å². The molecule has 138 valence electrons. The fraction of sp³-hybridized carbons (Fsp3) is 0.278. The summed E-state index contributed by atoms with van der Waals surface area (Å²) in [4.78, 5) is 14.1. The first-order valence-electron chi connectivity index (χ1n) is 7.95. The minimum Gasteiger partial charge on any atom is -0.378 e. The number of alkyl halides is 3. The predicted molar refractivity (Wildman–Crippen MR) is 102 cm³/mol. The van der Waals surface area contributed by atoms with Gasteiger partial charge in [-0.15, -0.1) is 0 Å². The smallest absolute Gasteiger partial charge is 0.378 e. The maximum Gasteiger partial charge on any atom is 0.418 e. The number of rotatable bonds is 3. The molecule has 1 heterocycles. The normalized spacial score (nSPS) is 15.0. The van der Waals surface area contributed by atoms with Gasteiger partial charge in [-0.25, -0.2) is 0 Å². The fourth-order valence-electron chi connectivity index (χ4n) is 2.69. The zero-order valence-corrected chi connectivity index (χ0v) is 15.8. The molecule has 1 amide bonds. The number of carbonyl (C=O) groups is 1. The van der Waals surface area contributed by atoms with Crippen LogP contribution in [0.15, 0.2) is 42.5 Å². The summed E-state index contributed by atoms with van der Waals surface area (Å²) in [5.41, 5.74) is -0.345. The topological polar surface area (TPSA) is 41.6 Å². The highest BCUT2D eigenvalue weighted by Crippen LogP contribution is 2.37. The molecule has 26 heavy (non-hydrogen) atoms. The van der Waals surface area contributed by atoms with Gasteiger partial charge in [0.25, 0.3) is 5.91 Å². The van der Waals surface area contributed by atoms with Crippen LogP contribution >= 0.6 is 22.6 Å². The van der Waals surface area contributed by atoms with Gasteiger partial charge in [-0.05, 0) is 65.1 Å². The van der Waals surface area contributed by atoms with E-state index in [-0.39, 0.29) is 5.69 Å². The molecule has 4 nitrogen and oxygen atoms in total. The zero-order chi connectivity index (χ0) is 18.7. The quantitative estimate of drug-likeness (QED) is 0.669. The van der Waals surface area contributed by atoms with Gasteiger partial charge in [-0.3, -0.25) is 4.79 Å². The number of hydrogen-bond donors (Lipinski definition) is 1. The lowest BCUT2D eigenvalue weighted by Gasteiger charge is -2.29. The highest BCUT2D eigenvalue weighted by atomic mass is 127. The Kier molecular flexibility index (Phi) is 5.71. The standard InChI is InChI=1S/C18H16F3IN2O2/c19-18(20,21)15-11-14(24-7-9-26-10-8-24)5-6-16(15)23-17(25)12-1-3-13(22)4-2-12/h1-6,11H,7-10H2,(H,23,25). The van der Waals surface area contributed by atoms with E-state index in [4.69, 9.17) is 4.74 Å². The third kappa shape index (κ3) is 4.47. The lowest BCUT2D eigenvalue weighted by molar-refractivity contribution is -0.136. The lowest BCUT2D eigenvalue weighted by Crippen LogP contribution is -2.36. The number of anilines is 2. The molecule has 0 aromatic heterocycles. The molecule has 1 aliphatic rings. The van der Waals surface area contributed by atoms with E-state index in [2.05, 4.69) is 27.9 Å². The molecule has 2 aromatic rings. The van der Waals surface area contributed by atoms with Gasteiger partial charge in [0, 0.05) is 27.9 Å².